The van der Waals surface area contributed by atoms with Gasteiger partial charge in [-0.2, -0.15) is 0 Å². The first kappa shape index (κ1) is 16.4. The standard InChI is InChI=1S/C17H29N3O/c1-4-7-16(21-6-3)17-19-12-14-10-13(11-18-5-2)8-9-15(14)20-17/h12-13,16,18H,4-11H2,1-3H3. The van der Waals surface area contributed by atoms with Crippen LogP contribution in [0.25, 0.3) is 0 Å². The van der Waals surface area contributed by atoms with Crippen molar-refractivity contribution in [3.8, 4) is 0 Å². The number of ether oxygens (including phenoxy) is 1. The Labute approximate surface area is 128 Å². The maximum atomic E-state index is 5.80. The molecule has 0 amide bonds. The van der Waals surface area contributed by atoms with E-state index in [-0.39, 0.29) is 6.10 Å². The van der Waals surface area contributed by atoms with Crippen LogP contribution in [0.15, 0.2) is 6.20 Å². The van der Waals surface area contributed by atoms with Crippen LogP contribution in [-0.2, 0) is 17.6 Å². The fraction of sp³-hybridized carbons (Fsp3) is 0.765. The largest absolute Gasteiger partial charge is 0.371 e. The number of aryl methyl sites for hydroxylation is 1. The summed E-state index contributed by atoms with van der Waals surface area (Å²) in [5.74, 6) is 1.60. The van der Waals surface area contributed by atoms with Crippen LogP contribution in [0, 0.1) is 5.92 Å². The first-order chi connectivity index (χ1) is 10.3. The highest BCUT2D eigenvalue weighted by Gasteiger charge is 2.22. The zero-order valence-electron chi connectivity index (χ0n) is 13.7. The highest BCUT2D eigenvalue weighted by molar-refractivity contribution is 5.22. The minimum absolute atomic E-state index is 0.0600. The van der Waals surface area contributed by atoms with Crippen LogP contribution >= 0.6 is 0 Å². The van der Waals surface area contributed by atoms with Crippen LogP contribution in [-0.4, -0.2) is 29.7 Å². The fourth-order valence-electron chi connectivity index (χ4n) is 3.03. The molecule has 0 radical (unpaired) electrons. The van der Waals surface area contributed by atoms with E-state index in [1.807, 2.05) is 13.1 Å². The molecule has 21 heavy (non-hydrogen) atoms. The second-order valence-corrected chi connectivity index (χ2v) is 5.85. The second kappa shape index (κ2) is 8.44. The first-order valence-electron chi connectivity index (χ1n) is 8.45. The molecule has 4 nitrogen and oxygen atoms in total. The van der Waals surface area contributed by atoms with Crippen LogP contribution in [0.3, 0.4) is 0 Å². The average Bonchev–Trinajstić information content (AvgIpc) is 2.52. The molecule has 0 aliphatic heterocycles. The van der Waals surface area contributed by atoms with Crippen molar-refractivity contribution in [3.63, 3.8) is 0 Å². The van der Waals surface area contributed by atoms with Crippen LogP contribution in [0.5, 0.6) is 0 Å². The monoisotopic (exact) mass is 291 g/mol. The average molecular weight is 291 g/mol. The molecule has 1 aliphatic rings. The van der Waals surface area contributed by atoms with E-state index >= 15 is 0 Å². The molecule has 0 fully saturated rings. The Bertz CT molecular complexity index is 430. The third kappa shape index (κ3) is 4.48. The number of hydrogen-bond donors (Lipinski definition) is 1. The summed E-state index contributed by atoms with van der Waals surface area (Å²) in [6, 6.07) is 0. The third-order valence-corrected chi connectivity index (χ3v) is 4.16. The molecule has 0 saturated heterocycles. The van der Waals surface area contributed by atoms with E-state index in [9.17, 15) is 0 Å². The molecule has 1 aromatic rings. The Morgan fingerprint density at radius 2 is 2.24 bits per heavy atom. The maximum absolute atomic E-state index is 5.80. The molecule has 2 unspecified atom stereocenters. The molecule has 0 saturated carbocycles. The topological polar surface area (TPSA) is 47.0 Å². The van der Waals surface area contributed by atoms with E-state index in [0.717, 1.165) is 57.1 Å². The summed E-state index contributed by atoms with van der Waals surface area (Å²) in [6.45, 7) is 9.24. The number of rotatable bonds is 8. The maximum Gasteiger partial charge on any atom is 0.157 e. The van der Waals surface area contributed by atoms with Gasteiger partial charge in [-0.05, 0) is 57.2 Å². The zero-order chi connectivity index (χ0) is 15.1. The van der Waals surface area contributed by atoms with Gasteiger partial charge in [-0.3, -0.25) is 0 Å². The Balaban J connectivity index is 2.06. The summed E-state index contributed by atoms with van der Waals surface area (Å²) in [6.07, 6.45) is 7.60. The fourth-order valence-corrected chi connectivity index (χ4v) is 3.03. The summed E-state index contributed by atoms with van der Waals surface area (Å²) >= 11 is 0. The summed E-state index contributed by atoms with van der Waals surface area (Å²) in [5.41, 5.74) is 2.58. The van der Waals surface area contributed by atoms with Crippen molar-refractivity contribution >= 4 is 0 Å². The van der Waals surface area contributed by atoms with Gasteiger partial charge in [0, 0.05) is 18.5 Å². The minimum atomic E-state index is 0.0600. The molecular weight excluding hydrogens is 262 g/mol. The van der Waals surface area contributed by atoms with Gasteiger partial charge in [0.1, 0.15) is 6.10 Å². The van der Waals surface area contributed by atoms with E-state index in [2.05, 4.69) is 24.1 Å². The lowest BCUT2D eigenvalue weighted by Crippen LogP contribution is -2.28. The summed E-state index contributed by atoms with van der Waals surface area (Å²) in [4.78, 5) is 9.40. The van der Waals surface area contributed by atoms with Crippen LogP contribution < -0.4 is 5.32 Å². The summed E-state index contributed by atoms with van der Waals surface area (Å²) in [5, 5.41) is 3.45. The summed E-state index contributed by atoms with van der Waals surface area (Å²) < 4.78 is 5.80. The number of fused-ring (bicyclic) bond motifs is 1. The van der Waals surface area contributed by atoms with Gasteiger partial charge in [0.25, 0.3) is 0 Å². The Kier molecular flexibility index (Phi) is 6.58. The lowest BCUT2D eigenvalue weighted by atomic mass is 9.87. The molecule has 0 bridgehead atoms. The van der Waals surface area contributed by atoms with Crippen molar-refractivity contribution in [2.45, 2.75) is 59.0 Å². The van der Waals surface area contributed by atoms with Crippen molar-refractivity contribution in [2.75, 3.05) is 19.7 Å². The van der Waals surface area contributed by atoms with Crippen molar-refractivity contribution < 1.29 is 4.74 Å². The second-order valence-electron chi connectivity index (χ2n) is 5.85. The molecule has 1 heterocycles. The number of nitrogens with one attached hydrogen (secondary N) is 1. The minimum Gasteiger partial charge on any atom is -0.371 e. The normalized spacial score (nSPS) is 19.3. The lowest BCUT2D eigenvalue weighted by Gasteiger charge is -2.25. The van der Waals surface area contributed by atoms with Gasteiger partial charge in [0.05, 0.1) is 0 Å². The molecule has 1 N–H and O–H groups in total. The van der Waals surface area contributed by atoms with Gasteiger partial charge < -0.3 is 10.1 Å². The Morgan fingerprint density at radius 3 is 2.95 bits per heavy atom. The van der Waals surface area contributed by atoms with E-state index in [0.29, 0.717) is 0 Å². The molecule has 2 rings (SSSR count). The third-order valence-electron chi connectivity index (χ3n) is 4.16. The number of nitrogens with zero attached hydrogens (tertiary/aromatic N) is 2. The molecule has 1 aromatic heterocycles. The Hall–Kier alpha value is -1.00. The summed E-state index contributed by atoms with van der Waals surface area (Å²) in [7, 11) is 0. The van der Waals surface area contributed by atoms with E-state index < -0.39 is 0 Å². The number of aromatic nitrogens is 2. The van der Waals surface area contributed by atoms with Crippen molar-refractivity contribution in [1.29, 1.82) is 0 Å². The van der Waals surface area contributed by atoms with Gasteiger partial charge in [0.2, 0.25) is 0 Å². The van der Waals surface area contributed by atoms with Crippen molar-refractivity contribution in [1.82, 2.24) is 15.3 Å². The Morgan fingerprint density at radius 1 is 1.38 bits per heavy atom. The predicted octanol–water partition coefficient (Wildman–Crippen LogP) is 3.07. The molecule has 1 aliphatic carbocycles. The van der Waals surface area contributed by atoms with E-state index in [1.165, 1.54) is 17.7 Å². The van der Waals surface area contributed by atoms with Crippen molar-refractivity contribution in [2.24, 2.45) is 5.92 Å². The smallest absolute Gasteiger partial charge is 0.157 e. The number of hydrogen-bond acceptors (Lipinski definition) is 4. The predicted molar refractivity (Wildman–Crippen MR) is 85.4 cm³/mol. The molecule has 0 spiro atoms. The van der Waals surface area contributed by atoms with Crippen LogP contribution in [0.2, 0.25) is 0 Å². The first-order valence-corrected chi connectivity index (χ1v) is 8.45. The van der Waals surface area contributed by atoms with E-state index in [4.69, 9.17) is 9.72 Å². The van der Waals surface area contributed by atoms with Gasteiger partial charge in [-0.15, -0.1) is 0 Å². The molecule has 4 heteroatoms. The molecule has 118 valence electrons. The molecular formula is C17H29N3O. The van der Waals surface area contributed by atoms with E-state index in [1.54, 1.807) is 0 Å². The quantitative estimate of drug-likeness (QED) is 0.799. The molecule has 0 aromatic carbocycles. The van der Waals surface area contributed by atoms with Crippen molar-refractivity contribution in [3.05, 3.63) is 23.3 Å². The van der Waals surface area contributed by atoms with Gasteiger partial charge in [0.15, 0.2) is 5.82 Å². The SMILES string of the molecule is CCCC(OCC)c1ncc2c(n1)CCC(CNCC)C2. The lowest BCUT2D eigenvalue weighted by molar-refractivity contribution is 0.0491. The van der Waals surface area contributed by atoms with Crippen LogP contribution in [0.4, 0.5) is 0 Å². The molecule has 2 atom stereocenters. The van der Waals surface area contributed by atoms with Gasteiger partial charge in [-0.25, -0.2) is 9.97 Å². The highest BCUT2D eigenvalue weighted by Crippen LogP contribution is 2.26. The zero-order valence-corrected chi connectivity index (χ0v) is 13.7. The van der Waals surface area contributed by atoms with Gasteiger partial charge in [-0.1, -0.05) is 20.3 Å². The van der Waals surface area contributed by atoms with Crippen LogP contribution in [0.1, 0.15) is 63.2 Å². The highest BCUT2D eigenvalue weighted by atomic mass is 16.5. The van der Waals surface area contributed by atoms with Gasteiger partial charge >= 0.3 is 0 Å².